The van der Waals surface area contributed by atoms with Gasteiger partial charge in [0.15, 0.2) is 11.1 Å². The van der Waals surface area contributed by atoms with Gasteiger partial charge in [-0.05, 0) is 42.8 Å². The number of aromatic nitrogens is 1. The quantitative estimate of drug-likeness (QED) is 0.318. The van der Waals surface area contributed by atoms with Crippen LogP contribution in [-0.4, -0.2) is 34.0 Å². The van der Waals surface area contributed by atoms with Crippen LogP contribution in [0.3, 0.4) is 0 Å². The van der Waals surface area contributed by atoms with Crippen LogP contribution in [0.2, 0.25) is 0 Å². The lowest BCUT2D eigenvalue weighted by molar-refractivity contribution is 0.574. The SMILES string of the molecule is CCCCNC(=S)N(CCc1ccncc1)C(=N)N. The molecule has 5 nitrogen and oxygen atoms in total. The van der Waals surface area contributed by atoms with Crippen LogP contribution in [0.25, 0.3) is 0 Å². The van der Waals surface area contributed by atoms with Gasteiger partial charge in [-0.15, -0.1) is 0 Å². The van der Waals surface area contributed by atoms with E-state index in [-0.39, 0.29) is 5.96 Å². The van der Waals surface area contributed by atoms with Gasteiger partial charge in [-0.1, -0.05) is 13.3 Å². The van der Waals surface area contributed by atoms with Crippen molar-refractivity contribution in [2.24, 2.45) is 5.73 Å². The number of unbranched alkanes of at least 4 members (excludes halogenated alkanes) is 1. The number of rotatable bonds is 6. The molecule has 0 aliphatic heterocycles. The van der Waals surface area contributed by atoms with Crippen LogP contribution >= 0.6 is 12.2 Å². The topological polar surface area (TPSA) is 78.0 Å². The van der Waals surface area contributed by atoms with Gasteiger partial charge in [-0.3, -0.25) is 15.3 Å². The van der Waals surface area contributed by atoms with Gasteiger partial charge in [0.05, 0.1) is 0 Å². The van der Waals surface area contributed by atoms with Gasteiger partial charge in [0.2, 0.25) is 0 Å². The van der Waals surface area contributed by atoms with E-state index in [0.717, 1.165) is 31.4 Å². The molecule has 104 valence electrons. The highest BCUT2D eigenvalue weighted by atomic mass is 32.1. The Morgan fingerprint density at radius 2 is 2.16 bits per heavy atom. The lowest BCUT2D eigenvalue weighted by atomic mass is 10.2. The molecule has 6 heteroatoms. The molecule has 0 aliphatic carbocycles. The Balaban J connectivity index is 2.48. The third-order valence-corrected chi connectivity index (χ3v) is 3.08. The first-order chi connectivity index (χ1) is 9.15. The Kier molecular flexibility index (Phi) is 6.81. The maximum atomic E-state index is 7.59. The first kappa shape index (κ1) is 15.4. The number of nitrogens with one attached hydrogen (secondary N) is 2. The molecular weight excluding hydrogens is 258 g/mol. The Labute approximate surface area is 119 Å². The van der Waals surface area contributed by atoms with Gasteiger partial charge in [-0.2, -0.15) is 0 Å². The summed E-state index contributed by atoms with van der Waals surface area (Å²) in [6, 6.07) is 3.90. The highest BCUT2D eigenvalue weighted by Gasteiger charge is 2.11. The predicted octanol–water partition coefficient (Wildman–Crippen LogP) is 1.49. The summed E-state index contributed by atoms with van der Waals surface area (Å²) in [5, 5.41) is 11.2. The van der Waals surface area contributed by atoms with E-state index in [1.165, 1.54) is 0 Å². The number of pyridine rings is 1. The first-order valence-corrected chi connectivity index (χ1v) is 6.84. The molecule has 4 N–H and O–H groups in total. The van der Waals surface area contributed by atoms with Crippen molar-refractivity contribution in [1.29, 1.82) is 5.41 Å². The number of hydrogen-bond donors (Lipinski definition) is 3. The van der Waals surface area contributed by atoms with Crippen molar-refractivity contribution in [2.45, 2.75) is 26.2 Å². The summed E-state index contributed by atoms with van der Waals surface area (Å²) in [5.74, 6) is -0.0249. The molecule has 0 radical (unpaired) electrons. The largest absolute Gasteiger partial charge is 0.370 e. The highest BCUT2D eigenvalue weighted by Crippen LogP contribution is 2.00. The van der Waals surface area contributed by atoms with E-state index in [4.69, 9.17) is 23.4 Å². The first-order valence-electron chi connectivity index (χ1n) is 6.43. The monoisotopic (exact) mass is 279 g/mol. The van der Waals surface area contributed by atoms with Crippen LogP contribution < -0.4 is 11.1 Å². The zero-order chi connectivity index (χ0) is 14.1. The molecule has 0 spiro atoms. The lowest BCUT2D eigenvalue weighted by Crippen LogP contribution is -2.47. The smallest absolute Gasteiger partial charge is 0.194 e. The summed E-state index contributed by atoms with van der Waals surface area (Å²) < 4.78 is 0. The van der Waals surface area contributed by atoms with Crippen molar-refractivity contribution >= 4 is 23.3 Å². The van der Waals surface area contributed by atoms with E-state index < -0.39 is 0 Å². The molecule has 0 aromatic carbocycles. The van der Waals surface area contributed by atoms with E-state index in [1.54, 1.807) is 17.3 Å². The van der Waals surface area contributed by atoms with Crippen molar-refractivity contribution in [3.63, 3.8) is 0 Å². The van der Waals surface area contributed by atoms with Crippen molar-refractivity contribution < 1.29 is 0 Å². The minimum atomic E-state index is -0.0249. The molecule has 1 heterocycles. The summed E-state index contributed by atoms with van der Waals surface area (Å²) in [6.45, 7) is 3.53. The minimum Gasteiger partial charge on any atom is -0.370 e. The summed E-state index contributed by atoms with van der Waals surface area (Å²) in [5.41, 5.74) is 6.73. The molecule has 0 atom stereocenters. The Hall–Kier alpha value is -1.69. The van der Waals surface area contributed by atoms with E-state index >= 15 is 0 Å². The normalized spacial score (nSPS) is 9.95. The molecule has 0 saturated carbocycles. The minimum absolute atomic E-state index is 0.0249. The fourth-order valence-electron chi connectivity index (χ4n) is 1.59. The van der Waals surface area contributed by atoms with Gasteiger partial charge in [0.25, 0.3) is 0 Å². The van der Waals surface area contributed by atoms with E-state index in [9.17, 15) is 0 Å². The highest BCUT2D eigenvalue weighted by molar-refractivity contribution is 7.80. The zero-order valence-electron chi connectivity index (χ0n) is 11.2. The second kappa shape index (κ2) is 8.42. The number of hydrogen-bond acceptors (Lipinski definition) is 3. The maximum absolute atomic E-state index is 7.59. The average molecular weight is 279 g/mol. The molecule has 0 amide bonds. The maximum Gasteiger partial charge on any atom is 0.194 e. The molecule has 0 aliphatic rings. The standard InChI is InChI=1S/C13H21N5S/c1-2-3-7-17-13(19)18(12(14)15)10-6-11-4-8-16-9-5-11/h4-5,8-9H,2-3,6-7,10H2,1H3,(H3,14,15)(H,17,19). The summed E-state index contributed by atoms with van der Waals surface area (Å²) in [6.07, 6.45) is 6.44. The average Bonchev–Trinajstić information content (AvgIpc) is 2.40. The molecule has 0 unspecified atom stereocenters. The molecule has 0 bridgehead atoms. The Morgan fingerprint density at radius 1 is 1.47 bits per heavy atom. The second-order valence-corrected chi connectivity index (χ2v) is 4.61. The van der Waals surface area contributed by atoms with Crippen molar-refractivity contribution in [2.75, 3.05) is 13.1 Å². The van der Waals surface area contributed by atoms with Crippen molar-refractivity contribution in [3.8, 4) is 0 Å². The number of nitrogens with two attached hydrogens (primary N) is 1. The van der Waals surface area contributed by atoms with Crippen LogP contribution in [0, 0.1) is 5.41 Å². The van der Waals surface area contributed by atoms with Gasteiger partial charge < -0.3 is 11.1 Å². The van der Waals surface area contributed by atoms with Crippen LogP contribution in [-0.2, 0) is 6.42 Å². The van der Waals surface area contributed by atoms with Gasteiger partial charge >= 0.3 is 0 Å². The lowest BCUT2D eigenvalue weighted by Gasteiger charge is -2.24. The van der Waals surface area contributed by atoms with Crippen LogP contribution in [0.4, 0.5) is 0 Å². The molecule has 0 fully saturated rings. The molecule has 0 saturated heterocycles. The van der Waals surface area contributed by atoms with Crippen molar-refractivity contribution in [1.82, 2.24) is 15.2 Å². The molecule has 1 rings (SSSR count). The van der Waals surface area contributed by atoms with Gasteiger partial charge in [-0.25, -0.2) is 0 Å². The second-order valence-electron chi connectivity index (χ2n) is 4.23. The third-order valence-electron chi connectivity index (χ3n) is 2.72. The Bertz CT molecular complexity index is 407. The van der Waals surface area contributed by atoms with Gasteiger partial charge in [0.1, 0.15) is 0 Å². The molecule has 19 heavy (non-hydrogen) atoms. The fourth-order valence-corrected chi connectivity index (χ4v) is 1.88. The van der Waals surface area contributed by atoms with Crippen molar-refractivity contribution in [3.05, 3.63) is 30.1 Å². The predicted molar refractivity (Wildman–Crippen MR) is 82.1 cm³/mol. The summed E-state index contributed by atoms with van der Waals surface area (Å²) in [4.78, 5) is 5.59. The number of guanidine groups is 1. The van der Waals surface area contributed by atoms with Gasteiger partial charge in [0, 0.05) is 25.5 Å². The fraction of sp³-hybridized carbons (Fsp3) is 0.462. The Morgan fingerprint density at radius 3 is 2.74 bits per heavy atom. The molecule has 1 aromatic rings. The third kappa shape index (κ3) is 5.65. The van der Waals surface area contributed by atoms with E-state index in [0.29, 0.717) is 11.7 Å². The van der Waals surface area contributed by atoms with Crippen LogP contribution in [0.5, 0.6) is 0 Å². The molecule has 1 aromatic heterocycles. The van der Waals surface area contributed by atoms with E-state index in [2.05, 4.69) is 17.2 Å². The van der Waals surface area contributed by atoms with Crippen LogP contribution in [0.15, 0.2) is 24.5 Å². The summed E-state index contributed by atoms with van der Waals surface area (Å²) in [7, 11) is 0. The summed E-state index contributed by atoms with van der Waals surface area (Å²) >= 11 is 5.26. The van der Waals surface area contributed by atoms with Crippen LogP contribution in [0.1, 0.15) is 25.3 Å². The number of nitrogens with zero attached hydrogens (tertiary/aromatic N) is 2. The van der Waals surface area contributed by atoms with E-state index in [1.807, 2.05) is 12.1 Å². The number of thiocarbonyl (C=S) groups is 1. The molecular formula is C13H21N5S. The zero-order valence-corrected chi connectivity index (χ0v) is 12.0.